The summed E-state index contributed by atoms with van der Waals surface area (Å²) in [6.45, 7) is 19.0. The molecule has 6 aromatic rings. The molecule has 2 saturated heterocycles. The Labute approximate surface area is 455 Å². The molecule has 2 aliphatic rings. The van der Waals surface area contributed by atoms with E-state index in [1.807, 2.05) is 41.1 Å². The first-order valence-corrected chi connectivity index (χ1v) is 26.7. The van der Waals surface area contributed by atoms with E-state index >= 15 is 0 Å². The van der Waals surface area contributed by atoms with Gasteiger partial charge in [-0.25, -0.2) is 34.1 Å². The van der Waals surface area contributed by atoms with Crippen molar-refractivity contribution in [3.63, 3.8) is 0 Å². The van der Waals surface area contributed by atoms with Crippen LogP contribution in [-0.2, 0) is 28.5 Å². The van der Waals surface area contributed by atoms with Gasteiger partial charge >= 0.3 is 24.1 Å². The molecule has 4 N–H and O–H groups in total. The molecule has 4 atom stereocenters. The number of fused-ring (bicyclic) bond motifs is 2. The zero-order valence-corrected chi connectivity index (χ0v) is 47.6. The summed E-state index contributed by atoms with van der Waals surface area (Å²) in [6, 6.07) is 13.3. The van der Waals surface area contributed by atoms with Crippen molar-refractivity contribution in [1.82, 2.24) is 29.7 Å². The number of likely N-dealkylation sites (tertiary alicyclic amines) is 2. The maximum absolute atomic E-state index is 12.9. The van der Waals surface area contributed by atoms with E-state index in [1.54, 1.807) is 74.0 Å². The molecule has 23 heteroatoms. The molecule has 0 unspecified atom stereocenters. The molecule has 77 heavy (non-hydrogen) atoms. The van der Waals surface area contributed by atoms with Gasteiger partial charge in [-0.3, -0.25) is 14.6 Å². The number of aromatic nitrogens is 4. The third-order valence-electron chi connectivity index (χ3n) is 11.4. The van der Waals surface area contributed by atoms with Crippen molar-refractivity contribution >= 4 is 78.9 Å². The molecule has 2 amide bonds. The molecule has 0 radical (unpaired) electrons. The van der Waals surface area contributed by atoms with Gasteiger partial charge in [0.1, 0.15) is 52.3 Å². The molecule has 2 aromatic carbocycles. The molecule has 416 valence electrons. The van der Waals surface area contributed by atoms with E-state index in [2.05, 4.69) is 58.0 Å². The number of nitrogens with one attached hydrogen (secondary N) is 3. The summed E-state index contributed by atoms with van der Waals surface area (Å²) < 4.78 is 37.3. The number of rotatable bonds is 12. The van der Waals surface area contributed by atoms with Gasteiger partial charge in [0, 0.05) is 70.7 Å². The van der Waals surface area contributed by atoms with Crippen LogP contribution in [0.15, 0.2) is 64.1 Å². The zero-order valence-electron chi connectivity index (χ0n) is 46.0. The summed E-state index contributed by atoms with van der Waals surface area (Å²) in [5.74, 6) is 0.891. The van der Waals surface area contributed by atoms with Crippen LogP contribution in [0.3, 0.4) is 0 Å². The number of nitrogens with zero attached hydrogens (tertiary/aromatic N) is 5. The van der Waals surface area contributed by atoms with Crippen molar-refractivity contribution in [3.8, 4) is 40.0 Å². The van der Waals surface area contributed by atoms with Gasteiger partial charge in [-0.15, -0.1) is 22.7 Å². The van der Waals surface area contributed by atoms with E-state index < -0.39 is 59.6 Å². The minimum absolute atomic E-state index is 0.0298. The van der Waals surface area contributed by atoms with Crippen molar-refractivity contribution in [3.05, 3.63) is 69.5 Å². The van der Waals surface area contributed by atoms with Crippen LogP contribution >= 0.6 is 22.7 Å². The van der Waals surface area contributed by atoms with Gasteiger partial charge in [0.05, 0.1) is 75.7 Å². The van der Waals surface area contributed by atoms with Crippen molar-refractivity contribution < 1.29 is 57.4 Å². The fourth-order valence-electron chi connectivity index (χ4n) is 8.08. The number of aliphatic hydroxyl groups is 1. The average Bonchev–Trinajstić information content (AvgIpc) is 4.20. The normalized spacial score (nSPS) is 17.3. The lowest BCUT2D eigenvalue weighted by atomic mass is 10.1. The quantitative estimate of drug-likeness (QED) is 0.0658. The second-order valence-electron chi connectivity index (χ2n) is 20.7. The summed E-state index contributed by atoms with van der Waals surface area (Å²) in [5.41, 5.74) is 2.87. The number of aromatic amines is 1. The van der Waals surface area contributed by atoms with Crippen LogP contribution in [0.1, 0.15) is 82.1 Å². The molecule has 4 aromatic heterocycles. The van der Waals surface area contributed by atoms with E-state index in [0.29, 0.717) is 51.3 Å². The maximum Gasteiger partial charge on any atom is 0.411 e. The van der Waals surface area contributed by atoms with E-state index in [-0.39, 0.29) is 37.4 Å². The number of amides is 2. The molecular weight excluding hydrogens is 1030 g/mol. The number of hydrogen-bond acceptors (Lipinski definition) is 20. The number of ether oxygens (including phenoxy) is 7. The Hall–Kier alpha value is -7.24. The number of methoxy groups -OCH3 is 4. The number of anilines is 2. The van der Waals surface area contributed by atoms with Crippen LogP contribution in [0.2, 0.25) is 0 Å². The Morgan fingerprint density at radius 1 is 0.675 bits per heavy atom. The summed E-state index contributed by atoms with van der Waals surface area (Å²) >= 11 is 3.02. The van der Waals surface area contributed by atoms with Crippen molar-refractivity contribution in [2.45, 2.75) is 130 Å². The minimum Gasteiger partial charge on any atom is -0.497 e. The number of esters is 2. The molecule has 21 nitrogen and oxygen atoms in total. The molecule has 2 fully saturated rings. The molecule has 8 rings (SSSR count). The fourth-order valence-corrected chi connectivity index (χ4v) is 9.79. The summed E-state index contributed by atoms with van der Waals surface area (Å²) in [5, 5.41) is 23.0. The first-order chi connectivity index (χ1) is 36.3. The van der Waals surface area contributed by atoms with Crippen LogP contribution in [0.4, 0.5) is 19.9 Å². The van der Waals surface area contributed by atoms with Gasteiger partial charge in [-0.05, 0) is 93.5 Å². The number of thiazole rings is 2. The van der Waals surface area contributed by atoms with Crippen molar-refractivity contribution in [2.24, 2.45) is 0 Å². The molecule has 0 saturated carbocycles. The third-order valence-corrected chi connectivity index (χ3v) is 13.0. The van der Waals surface area contributed by atoms with Crippen LogP contribution < -0.4 is 30.3 Å². The van der Waals surface area contributed by atoms with Crippen molar-refractivity contribution in [1.29, 1.82) is 0 Å². The number of benzene rings is 2. The van der Waals surface area contributed by atoms with E-state index in [4.69, 9.17) is 33.4 Å². The number of carbonyl (C=O) groups excluding carboxylic acids is 4. The number of β-amino-alcohol motifs (C(OH)–C–C–N with tert-alkyl or cyclic N) is 1. The smallest absolute Gasteiger partial charge is 0.411 e. The topological polar surface area (TPSA) is 255 Å². The second-order valence-corrected chi connectivity index (χ2v) is 22.4. The Kier molecular flexibility index (Phi) is 19.4. The van der Waals surface area contributed by atoms with Crippen LogP contribution in [-0.4, -0.2) is 148 Å². The molecular formula is C54H70N8O13S2. The summed E-state index contributed by atoms with van der Waals surface area (Å²) in [7, 11) is 5.76. The number of pyridine rings is 2. The third kappa shape index (κ3) is 15.9. The fraction of sp³-hybridized carbons (Fsp3) is 0.481. The monoisotopic (exact) mass is 1100 g/mol. The lowest BCUT2D eigenvalue weighted by Crippen LogP contribution is -2.44. The highest BCUT2D eigenvalue weighted by atomic mass is 32.1. The van der Waals surface area contributed by atoms with Gasteiger partial charge in [0.15, 0.2) is 15.7 Å². The highest BCUT2D eigenvalue weighted by molar-refractivity contribution is 7.14. The maximum atomic E-state index is 12.9. The highest BCUT2D eigenvalue weighted by Gasteiger charge is 2.44. The lowest BCUT2D eigenvalue weighted by molar-refractivity contribution is -0.146. The summed E-state index contributed by atoms with van der Waals surface area (Å²) in [6.07, 6.45) is -1.93. The minimum atomic E-state index is -0.810. The van der Waals surface area contributed by atoms with E-state index in [1.165, 1.54) is 46.7 Å². The standard InChI is InChI=1S/C27H34N4O6S.C16H17N3O2S.C11H19NO5/c1-15(2)28-25-30-21(14-38-25)20-12-23(18-9-8-16(34-6)10-19(18)29-20)36-17-11-22(24(32)35-7)31(13-17)26(33)37-27(3,4)5;1-9(2)17-16-19-14(8-22-16)13-7-15(20)11-5-4-10(21-3)6-12(11)18-13;1-11(2,3)17-10(15)12-6-7(13)5-8(12)9(14)16-4/h8-10,12,14-15,17,22H,11,13H2,1-7H3,(H,28,30);4-9H,1-3H3,(H,17,19)(H,18,20);7-8,13H,5-6H2,1-4H3/t17-,22+;;7-,8-/m1.0/s1. The van der Waals surface area contributed by atoms with Gasteiger partial charge in [-0.1, -0.05) is 0 Å². The van der Waals surface area contributed by atoms with Crippen LogP contribution in [0.25, 0.3) is 44.6 Å². The Morgan fingerprint density at radius 2 is 1.19 bits per heavy atom. The van der Waals surface area contributed by atoms with Crippen LogP contribution in [0, 0.1) is 0 Å². The SMILES string of the molecule is COC(=O)[C@@H]1C[C@@H](Oc2cc(-c3csc(NC(C)C)n3)nc3cc(OC)ccc23)CN1C(=O)OC(C)(C)C.COC(=O)[C@@H]1C[C@H](O)CN1C(=O)OC(C)(C)C.COc1ccc2c(=O)cc(-c3csc(NC(C)C)n3)[nH]c2c1. The Morgan fingerprint density at radius 3 is 1.74 bits per heavy atom. The Bertz CT molecular complexity index is 3090. The van der Waals surface area contributed by atoms with Gasteiger partial charge in [0.25, 0.3) is 0 Å². The van der Waals surface area contributed by atoms with Gasteiger partial charge < -0.3 is 53.9 Å². The highest BCUT2D eigenvalue weighted by Crippen LogP contribution is 2.36. The molecule has 2 aliphatic heterocycles. The number of carbonyl (C=O) groups is 4. The number of aliphatic hydroxyl groups excluding tert-OH is 1. The zero-order chi connectivity index (χ0) is 56.5. The first kappa shape index (κ1) is 59.0. The summed E-state index contributed by atoms with van der Waals surface area (Å²) in [4.78, 5) is 80.8. The van der Waals surface area contributed by atoms with E-state index in [0.717, 1.165) is 26.9 Å². The average molecular weight is 1100 g/mol. The predicted octanol–water partition coefficient (Wildman–Crippen LogP) is 9.13. The first-order valence-electron chi connectivity index (χ1n) is 24.9. The van der Waals surface area contributed by atoms with Crippen molar-refractivity contribution in [2.75, 3.05) is 52.2 Å². The van der Waals surface area contributed by atoms with Crippen LogP contribution in [0.5, 0.6) is 17.2 Å². The van der Waals surface area contributed by atoms with E-state index in [9.17, 15) is 29.1 Å². The largest absolute Gasteiger partial charge is 0.497 e. The Balaban J connectivity index is 0.000000207. The molecule has 0 aliphatic carbocycles. The second kappa shape index (κ2) is 25.3. The molecule has 0 bridgehead atoms. The predicted molar refractivity (Wildman–Crippen MR) is 296 cm³/mol. The molecule has 6 heterocycles. The van der Waals surface area contributed by atoms with Gasteiger partial charge in [-0.2, -0.15) is 0 Å². The van der Waals surface area contributed by atoms with Gasteiger partial charge in [0.2, 0.25) is 0 Å². The lowest BCUT2D eigenvalue weighted by Gasteiger charge is -2.27. The molecule has 0 spiro atoms. The number of H-pyrrole nitrogens is 1. The number of hydrogen-bond donors (Lipinski definition) is 4.